The van der Waals surface area contributed by atoms with Crippen LogP contribution in [-0.4, -0.2) is 15.0 Å². The van der Waals surface area contributed by atoms with Crippen molar-refractivity contribution in [1.82, 2.24) is 15.0 Å². The van der Waals surface area contributed by atoms with Crippen molar-refractivity contribution in [2.75, 3.05) is 0 Å². The molecule has 0 saturated carbocycles. The van der Waals surface area contributed by atoms with Gasteiger partial charge in [-0.3, -0.25) is 0 Å². The zero-order valence-electron chi connectivity index (χ0n) is 6.65. The van der Waals surface area contributed by atoms with E-state index in [1.54, 1.807) is 6.20 Å². The summed E-state index contributed by atoms with van der Waals surface area (Å²) in [5.41, 5.74) is 0.931. The van der Waals surface area contributed by atoms with Crippen molar-refractivity contribution in [3.8, 4) is 6.07 Å². The maximum atomic E-state index is 8.33. The summed E-state index contributed by atoms with van der Waals surface area (Å²) in [6.07, 6.45) is 1.80. The van der Waals surface area contributed by atoms with Crippen molar-refractivity contribution in [2.45, 2.75) is 26.3 Å². The molecule has 0 aliphatic carbocycles. The molecule has 58 valence electrons. The molecule has 4 nitrogen and oxygen atoms in total. The number of nitriles is 1. The molecule has 0 aliphatic rings. The molecule has 0 radical (unpaired) electrons. The van der Waals surface area contributed by atoms with Crippen molar-refractivity contribution in [2.24, 2.45) is 0 Å². The number of nitrogens with zero attached hydrogens (tertiary/aromatic N) is 4. The smallest absolute Gasteiger partial charge is 0.129 e. The number of rotatable bonds is 2. The molecule has 0 atom stereocenters. The molecule has 0 unspecified atom stereocenters. The molecule has 1 aromatic rings. The molecule has 11 heavy (non-hydrogen) atoms. The van der Waals surface area contributed by atoms with Crippen LogP contribution in [0.5, 0.6) is 0 Å². The van der Waals surface area contributed by atoms with Crippen molar-refractivity contribution < 1.29 is 0 Å². The monoisotopic (exact) mass is 150 g/mol. The summed E-state index contributed by atoms with van der Waals surface area (Å²) in [5, 5.41) is 16.0. The molecule has 0 amide bonds. The molecule has 0 aliphatic heterocycles. The van der Waals surface area contributed by atoms with Gasteiger partial charge >= 0.3 is 0 Å². The van der Waals surface area contributed by atoms with E-state index >= 15 is 0 Å². The molecule has 0 bridgehead atoms. The highest BCUT2D eigenvalue weighted by Gasteiger charge is 2.03. The van der Waals surface area contributed by atoms with Gasteiger partial charge in [0.2, 0.25) is 0 Å². The summed E-state index contributed by atoms with van der Waals surface area (Å²) in [7, 11) is 0. The lowest BCUT2D eigenvalue weighted by Gasteiger charge is -1.93. The maximum Gasteiger partial charge on any atom is 0.129 e. The van der Waals surface area contributed by atoms with E-state index in [4.69, 9.17) is 5.26 Å². The fraction of sp³-hybridized carbons (Fsp3) is 0.571. The second kappa shape index (κ2) is 3.15. The molecule has 0 spiro atoms. The minimum Gasteiger partial charge on any atom is -0.238 e. The van der Waals surface area contributed by atoms with Gasteiger partial charge in [-0.05, 0) is 5.92 Å². The fourth-order valence-corrected chi connectivity index (χ4v) is 0.728. The molecular formula is C7H10N4. The lowest BCUT2D eigenvalue weighted by molar-refractivity contribution is 0.667. The van der Waals surface area contributed by atoms with Gasteiger partial charge in [-0.15, -0.1) is 5.10 Å². The van der Waals surface area contributed by atoms with Crippen molar-refractivity contribution in [3.63, 3.8) is 0 Å². The van der Waals surface area contributed by atoms with Gasteiger partial charge in [0.1, 0.15) is 6.54 Å². The lowest BCUT2D eigenvalue weighted by atomic mass is 10.2. The zero-order valence-corrected chi connectivity index (χ0v) is 6.65. The average Bonchev–Trinajstić information content (AvgIpc) is 2.37. The predicted molar refractivity (Wildman–Crippen MR) is 39.7 cm³/mol. The van der Waals surface area contributed by atoms with Crippen molar-refractivity contribution in [1.29, 1.82) is 5.26 Å². The predicted octanol–water partition coefficient (Wildman–Crippen LogP) is 0.925. The third-order valence-corrected chi connectivity index (χ3v) is 1.38. The molecule has 1 rings (SSSR count). The quantitative estimate of drug-likeness (QED) is 0.630. The van der Waals surface area contributed by atoms with E-state index in [0.29, 0.717) is 5.92 Å². The summed E-state index contributed by atoms with van der Waals surface area (Å²) in [5.74, 6) is 0.377. The van der Waals surface area contributed by atoms with Crippen LogP contribution in [0, 0.1) is 11.3 Å². The first-order valence-electron chi connectivity index (χ1n) is 3.51. The SMILES string of the molecule is CC(C)c1cn(CC#N)nn1. The topological polar surface area (TPSA) is 54.5 Å². The van der Waals surface area contributed by atoms with Gasteiger partial charge in [-0.2, -0.15) is 5.26 Å². The van der Waals surface area contributed by atoms with E-state index in [2.05, 4.69) is 10.3 Å². The van der Waals surface area contributed by atoms with Gasteiger partial charge in [0.25, 0.3) is 0 Å². The number of hydrogen-bond acceptors (Lipinski definition) is 3. The zero-order chi connectivity index (χ0) is 8.27. The van der Waals surface area contributed by atoms with E-state index in [1.165, 1.54) is 4.68 Å². The summed E-state index contributed by atoms with van der Waals surface area (Å²) >= 11 is 0. The van der Waals surface area contributed by atoms with Crippen LogP contribution >= 0.6 is 0 Å². The van der Waals surface area contributed by atoms with Gasteiger partial charge in [-0.25, -0.2) is 4.68 Å². The molecule has 0 N–H and O–H groups in total. The van der Waals surface area contributed by atoms with E-state index in [1.807, 2.05) is 19.9 Å². The lowest BCUT2D eigenvalue weighted by Crippen LogP contribution is -1.95. The highest BCUT2D eigenvalue weighted by Crippen LogP contribution is 2.08. The van der Waals surface area contributed by atoms with E-state index in [-0.39, 0.29) is 6.54 Å². The van der Waals surface area contributed by atoms with Crippen LogP contribution in [0.2, 0.25) is 0 Å². The third-order valence-electron chi connectivity index (χ3n) is 1.38. The minimum absolute atomic E-state index is 0.277. The Morgan fingerprint density at radius 2 is 2.45 bits per heavy atom. The van der Waals surface area contributed by atoms with Gasteiger partial charge in [0.15, 0.2) is 0 Å². The van der Waals surface area contributed by atoms with Crippen LogP contribution in [0.1, 0.15) is 25.5 Å². The van der Waals surface area contributed by atoms with Crippen LogP contribution in [0.4, 0.5) is 0 Å². The largest absolute Gasteiger partial charge is 0.238 e. The van der Waals surface area contributed by atoms with Crippen LogP contribution < -0.4 is 0 Å². The Balaban J connectivity index is 2.75. The Kier molecular flexibility index (Phi) is 2.21. The Morgan fingerprint density at radius 3 is 2.91 bits per heavy atom. The van der Waals surface area contributed by atoms with Gasteiger partial charge in [0.05, 0.1) is 11.8 Å². The third kappa shape index (κ3) is 1.77. The normalized spacial score (nSPS) is 10.0. The van der Waals surface area contributed by atoms with E-state index in [9.17, 15) is 0 Å². The standard InChI is InChI=1S/C7H10N4/c1-6(2)7-5-11(4-3-8)10-9-7/h5-6H,4H2,1-2H3. The van der Waals surface area contributed by atoms with Crippen LogP contribution in [-0.2, 0) is 6.54 Å². The van der Waals surface area contributed by atoms with Gasteiger partial charge in [-0.1, -0.05) is 19.1 Å². The number of hydrogen-bond donors (Lipinski definition) is 0. The van der Waals surface area contributed by atoms with Crippen molar-refractivity contribution >= 4 is 0 Å². The first-order chi connectivity index (χ1) is 5.24. The van der Waals surface area contributed by atoms with Gasteiger partial charge in [0, 0.05) is 6.20 Å². The Hall–Kier alpha value is -1.37. The minimum atomic E-state index is 0.277. The van der Waals surface area contributed by atoms with Crippen LogP contribution in [0.3, 0.4) is 0 Å². The molecule has 4 heteroatoms. The average molecular weight is 150 g/mol. The fourth-order valence-electron chi connectivity index (χ4n) is 0.728. The second-order valence-corrected chi connectivity index (χ2v) is 2.65. The first kappa shape index (κ1) is 7.73. The van der Waals surface area contributed by atoms with Crippen LogP contribution in [0.15, 0.2) is 6.20 Å². The Labute approximate surface area is 65.4 Å². The summed E-state index contributed by atoms with van der Waals surface area (Å²) in [4.78, 5) is 0. The van der Waals surface area contributed by atoms with E-state index in [0.717, 1.165) is 5.69 Å². The summed E-state index contributed by atoms with van der Waals surface area (Å²) in [6, 6.07) is 2.00. The molecule has 1 heterocycles. The molecule has 1 aromatic heterocycles. The molecule has 0 aromatic carbocycles. The maximum absolute atomic E-state index is 8.33. The molecule has 0 saturated heterocycles. The van der Waals surface area contributed by atoms with Crippen LogP contribution in [0.25, 0.3) is 0 Å². The second-order valence-electron chi connectivity index (χ2n) is 2.65. The highest BCUT2D eigenvalue weighted by atomic mass is 15.4. The Bertz CT molecular complexity index is 268. The van der Waals surface area contributed by atoms with Gasteiger partial charge < -0.3 is 0 Å². The summed E-state index contributed by atoms with van der Waals surface area (Å²) in [6.45, 7) is 4.36. The van der Waals surface area contributed by atoms with E-state index < -0.39 is 0 Å². The number of aromatic nitrogens is 3. The molecular weight excluding hydrogens is 140 g/mol. The summed E-state index contributed by atoms with van der Waals surface area (Å²) < 4.78 is 1.54. The Morgan fingerprint density at radius 1 is 1.73 bits per heavy atom. The van der Waals surface area contributed by atoms with Crippen molar-refractivity contribution in [3.05, 3.63) is 11.9 Å². The molecule has 0 fully saturated rings. The first-order valence-corrected chi connectivity index (χ1v) is 3.51. The highest BCUT2D eigenvalue weighted by molar-refractivity contribution is 4.98.